The zero-order valence-corrected chi connectivity index (χ0v) is 12.5. The van der Waals surface area contributed by atoms with Crippen LogP contribution in [0, 0.1) is 13.8 Å². The standard InChI is InChI=1S/C18H23NO/c1-13-7-8-14(2)18(9-13)15(3)19-11-16-5-4-6-17(10-16)12-20/h4-10,15,19-20H,11-12H2,1-3H3. The maximum absolute atomic E-state index is 9.16. The molecule has 2 nitrogen and oxygen atoms in total. The van der Waals surface area contributed by atoms with Gasteiger partial charge in [-0.15, -0.1) is 0 Å². The zero-order valence-electron chi connectivity index (χ0n) is 12.5. The van der Waals surface area contributed by atoms with E-state index in [2.05, 4.69) is 50.4 Å². The van der Waals surface area contributed by atoms with Gasteiger partial charge in [0.2, 0.25) is 0 Å². The maximum atomic E-state index is 9.16. The van der Waals surface area contributed by atoms with Crippen molar-refractivity contribution in [3.8, 4) is 0 Å². The van der Waals surface area contributed by atoms with Crippen LogP contribution < -0.4 is 5.32 Å². The molecule has 2 aromatic rings. The van der Waals surface area contributed by atoms with Crippen molar-refractivity contribution in [1.29, 1.82) is 0 Å². The van der Waals surface area contributed by atoms with Gasteiger partial charge in [-0.1, -0.05) is 48.0 Å². The molecule has 0 saturated heterocycles. The minimum atomic E-state index is 0.0976. The molecule has 0 aliphatic rings. The highest BCUT2D eigenvalue weighted by Gasteiger charge is 2.08. The van der Waals surface area contributed by atoms with Gasteiger partial charge in [-0.25, -0.2) is 0 Å². The van der Waals surface area contributed by atoms with E-state index in [1.54, 1.807) is 0 Å². The van der Waals surface area contributed by atoms with Crippen LogP contribution >= 0.6 is 0 Å². The van der Waals surface area contributed by atoms with Gasteiger partial charge in [0.25, 0.3) is 0 Å². The molecular formula is C18H23NO. The Balaban J connectivity index is 2.04. The second-order valence-corrected chi connectivity index (χ2v) is 5.44. The van der Waals surface area contributed by atoms with Crippen molar-refractivity contribution in [3.05, 3.63) is 70.3 Å². The Morgan fingerprint density at radius 3 is 2.55 bits per heavy atom. The smallest absolute Gasteiger partial charge is 0.0681 e. The molecule has 2 heteroatoms. The molecule has 2 N–H and O–H groups in total. The first-order valence-electron chi connectivity index (χ1n) is 7.09. The summed E-state index contributed by atoms with van der Waals surface area (Å²) in [5.74, 6) is 0. The van der Waals surface area contributed by atoms with Gasteiger partial charge < -0.3 is 10.4 Å². The number of aliphatic hydroxyl groups excluding tert-OH is 1. The number of hydrogen-bond acceptors (Lipinski definition) is 2. The quantitative estimate of drug-likeness (QED) is 0.868. The fourth-order valence-electron chi connectivity index (χ4n) is 2.45. The van der Waals surface area contributed by atoms with Crippen molar-refractivity contribution in [2.45, 2.75) is 40.0 Å². The van der Waals surface area contributed by atoms with Gasteiger partial charge in [0.1, 0.15) is 0 Å². The van der Waals surface area contributed by atoms with Gasteiger partial charge in [0, 0.05) is 12.6 Å². The SMILES string of the molecule is Cc1ccc(C)c(C(C)NCc2cccc(CO)c2)c1. The zero-order chi connectivity index (χ0) is 14.5. The third-order valence-corrected chi connectivity index (χ3v) is 3.69. The van der Waals surface area contributed by atoms with Crippen LogP contribution in [-0.2, 0) is 13.2 Å². The van der Waals surface area contributed by atoms with Crippen molar-refractivity contribution in [2.24, 2.45) is 0 Å². The molecule has 0 heterocycles. The molecule has 106 valence electrons. The molecule has 1 atom stereocenters. The molecule has 0 fully saturated rings. The summed E-state index contributed by atoms with van der Waals surface area (Å²) in [4.78, 5) is 0. The molecule has 0 bridgehead atoms. The second kappa shape index (κ2) is 6.69. The van der Waals surface area contributed by atoms with E-state index in [0.717, 1.165) is 12.1 Å². The monoisotopic (exact) mass is 269 g/mol. The van der Waals surface area contributed by atoms with Crippen molar-refractivity contribution in [2.75, 3.05) is 0 Å². The third kappa shape index (κ3) is 3.69. The lowest BCUT2D eigenvalue weighted by molar-refractivity contribution is 0.281. The Kier molecular flexibility index (Phi) is 4.94. The summed E-state index contributed by atoms with van der Waals surface area (Å²) >= 11 is 0. The Hall–Kier alpha value is -1.64. The predicted molar refractivity (Wildman–Crippen MR) is 83.5 cm³/mol. The van der Waals surface area contributed by atoms with Gasteiger partial charge in [0.05, 0.1) is 6.61 Å². The highest BCUT2D eigenvalue weighted by Crippen LogP contribution is 2.19. The number of aliphatic hydroxyl groups is 1. The molecule has 20 heavy (non-hydrogen) atoms. The van der Waals surface area contributed by atoms with Gasteiger partial charge >= 0.3 is 0 Å². The van der Waals surface area contributed by atoms with Crippen LogP contribution in [0.4, 0.5) is 0 Å². The van der Waals surface area contributed by atoms with Gasteiger partial charge in [0.15, 0.2) is 0 Å². The van der Waals surface area contributed by atoms with Crippen LogP contribution in [0.1, 0.15) is 40.8 Å². The third-order valence-electron chi connectivity index (χ3n) is 3.69. The molecule has 0 spiro atoms. The Morgan fingerprint density at radius 2 is 1.80 bits per heavy atom. The number of nitrogens with one attached hydrogen (secondary N) is 1. The number of hydrogen-bond donors (Lipinski definition) is 2. The van der Waals surface area contributed by atoms with Crippen LogP contribution in [-0.4, -0.2) is 5.11 Å². The average Bonchev–Trinajstić information content (AvgIpc) is 2.47. The topological polar surface area (TPSA) is 32.3 Å². The molecule has 0 radical (unpaired) electrons. The number of rotatable bonds is 5. The van der Waals surface area contributed by atoms with E-state index >= 15 is 0 Å². The van der Waals surface area contributed by atoms with Gasteiger partial charge in [-0.2, -0.15) is 0 Å². The number of benzene rings is 2. The second-order valence-electron chi connectivity index (χ2n) is 5.44. The lowest BCUT2D eigenvalue weighted by Crippen LogP contribution is -2.19. The van der Waals surface area contributed by atoms with E-state index in [9.17, 15) is 0 Å². The summed E-state index contributed by atoms with van der Waals surface area (Å²) in [7, 11) is 0. The highest BCUT2D eigenvalue weighted by molar-refractivity contribution is 5.33. The normalized spacial score (nSPS) is 12.4. The van der Waals surface area contributed by atoms with Crippen molar-refractivity contribution in [1.82, 2.24) is 5.32 Å². The number of aryl methyl sites for hydroxylation is 2. The van der Waals surface area contributed by atoms with E-state index in [-0.39, 0.29) is 6.61 Å². The Morgan fingerprint density at radius 1 is 1.05 bits per heavy atom. The fourth-order valence-corrected chi connectivity index (χ4v) is 2.45. The fraction of sp³-hybridized carbons (Fsp3) is 0.333. The molecular weight excluding hydrogens is 246 g/mol. The van der Waals surface area contributed by atoms with Crippen LogP contribution in [0.5, 0.6) is 0 Å². The Bertz CT molecular complexity index is 577. The summed E-state index contributed by atoms with van der Waals surface area (Å²) < 4.78 is 0. The first kappa shape index (κ1) is 14.8. The molecule has 0 amide bonds. The van der Waals surface area contributed by atoms with Crippen LogP contribution in [0.15, 0.2) is 42.5 Å². The summed E-state index contributed by atoms with van der Waals surface area (Å²) in [6.45, 7) is 7.38. The minimum Gasteiger partial charge on any atom is -0.392 e. The average molecular weight is 269 g/mol. The van der Waals surface area contributed by atoms with Crippen molar-refractivity contribution < 1.29 is 5.11 Å². The summed E-state index contributed by atoms with van der Waals surface area (Å²) in [6.07, 6.45) is 0. The maximum Gasteiger partial charge on any atom is 0.0681 e. The molecule has 1 unspecified atom stereocenters. The molecule has 0 aliphatic heterocycles. The van der Waals surface area contributed by atoms with Gasteiger partial charge in [-0.05, 0) is 43.0 Å². The molecule has 2 aromatic carbocycles. The molecule has 0 saturated carbocycles. The minimum absolute atomic E-state index is 0.0976. The van der Waals surface area contributed by atoms with E-state index in [1.807, 2.05) is 18.2 Å². The lowest BCUT2D eigenvalue weighted by Gasteiger charge is -2.17. The van der Waals surface area contributed by atoms with E-state index in [0.29, 0.717) is 6.04 Å². The first-order valence-corrected chi connectivity index (χ1v) is 7.09. The van der Waals surface area contributed by atoms with E-state index < -0.39 is 0 Å². The largest absolute Gasteiger partial charge is 0.392 e. The summed E-state index contributed by atoms with van der Waals surface area (Å²) in [5, 5.41) is 12.7. The molecule has 2 rings (SSSR count). The molecule has 0 aromatic heterocycles. The van der Waals surface area contributed by atoms with Crippen LogP contribution in [0.2, 0.25) is 0 Å². The van der Waals surface area contributed by atoms with E-state index in [4.69, 9.17) is 5.11 Å². The van der Waals surface area contributed by atoms with Crippen molar-refractivity contribution in [3.63, 3.8) is 0 Å². The van der Waals surface area contributed by atoms with Crippen molar-refractivity contribution >= 4 is 0 Å². The van der Waals surface area contributed by atoms with Crippen LogP contribution in [0.3, 0.4) is 0 Å². The van der Waals surface area contributed by atoms with Gasteiger partial charge in [-0.3, -0.25) is 0 Å². The first-order chi connectivity index (χ1) is 9.60. The lowest BCUT2D eigenvalue weighted by atomic mass is 10.00. The Labute approximate surface area is 121 Å². The molecule has 0 aliphatic carbocycles. The summed E-state index contributed by atoms with van der Waals surface area (Å²) in [6, 6.07) is 14.9. The highest BCUT2D eigenvalue weighted by atomic mass is 16.3. The van der Waals surface area contributed by atoms with E-state index in [1.165, 1.54) is 22.3 Å². The van der Waals surface area contributed by atoms with Crippen LogP contribution in [0.25, 0.3) is 0 Å². The summed E-state index contributed by atoms with van der Waals surface area (Å²) in [5.41, 5.74) is 6.13. The predicted octanol–water partition coefficient (Wildman–Crippen LogP) is 3.65.